The van der Waals surface area contributed by atoms with Crippen LogP contribution in [0.1, 0.15) is 6.92 Å². The molecule has 0 aromatic heterocycles. The second kappa shape index (κ2) is 2.38. The van der Waals surface area contributed by atoms with E-state index in [1.54, 1.807) is 6.92 Å². The Morgan fingerprint density at radius 1 is 2.00 bits per heavy atom. The predicted octanol–water partition coefficient (Wildman–Crippen LogP) is -0.185. The van der Waals surface area contributed by atoms with E-state index in [1.807, 2.05) is 0 Å². The quantitative estimate of drug-likeness (QED) is 0.596. The Balaban J connectivity index is 2.80. The molecule has 0 atom stereocenters. The fourth-order valence-electron chi connectivity index (χ4n) is 0. The van der Waals surface area contributed by atoms with Crippen molar-refractivity contribution in [1.82, 2.24) is 0 Å². The van der Waals surface area contributed by atoms with Gasteiger partial charge in [-0.25, -0.2) is 0 Å². The topological polar surface area (TPSA) is 17.1 Å². The van der Waals surface area contributed by atoms with Crippen LogP contribution in [0.15, 0.2) is 0 Å². The monoisotopic (exact) mass is 270 g/mol. The Hall–Kier alpha value is 1.14. The van der Waals surface area contributed by atoms with Crippen molar-refractivity contribution < 1.29 is 47.6 Å². The first-order chi connectivity index (χ1) is 1.73. The Bertz CT molecular complexity index is 29.0. The van der Waals surface area contributed by atoms with Gasteiger partial charge in [-0.3, -0.25) is 0 Å². The van der Waals surface area contributed by atoms with E-state index >= 15 is 0 Å². The molecule has 0 aliphatic carbocycles. The molecule has 0 rings (SSSR count). The Labute approximate surface area is 54.5 Å². The summed E-state index contributed by atoms with van der Waals surface area (Å²) in [5.41, 5.74) is 0. The third-order valence-corrected chi connectivity index (χ3v) is 0. The van der Waals surface area contributed by atoms with Crippen molar-refractivity contribution in [2.24, 2.45) is 0 Å². The average Bonchev–Trinajstić information content (AvgIpc) is 0.811. The van der Waals surface area contributed by atoms with Gasteiger partial charge in [-0.2, -0.15) is 0 Å². The molecular weight excluding hydrogens is 266 g/mol. The molecule has 0 aromatic rings. The molecule has 0 aliphatic heterocycles. The molecule has 0 amide bonds. The number of rotatable bonds is 0. The number of hydrogen-bond donors (Lipinski definition) is 0. The van der Waals surface area contributed by atoms with Gasteiger partial charge in [0.05, 0.1) is 0 Å². The van der Waals surface area contributed by atoms with Crippen LogP contribution in [-0.4, -0.2) is 0.824 Å². The number of carbonyl (C=O) groups is 1. The molecule has 0 radical (unpaired) electrons. The van der Waals surface area contributed by atoms with Crippen molar-refractivity contribution in [2.45, 2.75) is 6.92 Å². The van der Waals surface area contributed by atoms with Gasteiger partial charge in [-0.15, -0.1) is 0 Å². The summed E-state index contributed by atoms with van der Waals surface area (Å²) in [7, 11) is 0. The zero-order valence-corrected chi connectivity index (χ0v) is 11.1. The minimum atomic E-state index is 0.176. The Morgan fingerprint density at radius 3 is 2.00 bits per heavy atom. The summed E-state index contributed by atoms with van der Waals surface area (Å²) < 4.78 is 0.396. The second-order valence-electron chi connectivity index (χ2n) is 0.908. The molecule has 0 aliphatic rings. The van der Waals surface area contributed by atoms with E-state index in [1.165, 1.54) is 0 Å². The van der Waals surface area contributed by atoms with Crippen LogP contribution in [0.3, 0.4) is 0 Å². The molecule has 0 heterocycles. The van der Waals surface area contributed by atoms with E-state index in [0.717, 1.165) is 0 Å². The van der Waals surface area contributed by atoms with Crippen LogP contribution in [0, 0.1) is 42.8 Å². The molecule has 0 unspecified atom stereocenters. The average molecular weight is 270 g/mol. The second-order valence-corrected chi connectivity index (χ2v) is 6.70. The van der Waals surface area contributed by atoms with Gasteiger partial charge in [0.15, 0.2) is 0 Å². The molecule has 4 heavy (non-hydrogen) atoms. The van der Waals surface area contributed by atoms with Crippen LogP contribution in [0.2, 0.25) is 0 Å². The fraction of sp³-hybridized carbons (Fsp3) is 0.500. The first-order valence-corrected chi connectivity index (χ1v) is 5.31. The van der Waals surface area contributed by atoms with Gasteiger partial charge in [0, 0.05) is 0 Å². The predicted molar refractivity (Wildman–Crippen MR) is 12.1 cm³/mol. The van der Waals surface area contributed by atoms with Crippen molar-refractivity contribution in [3.63, 3.8) is 0 Å². The van der Waals surface area contributed by atoms with Gasteiger partial charge >= 0.3 is 55.3 Å². The molecule has 20 valence electrons. The molecule has 0 spiro atoms. The summed E-state index contributed by atoms with van der Waals surface area (Å²) in [6.45, 7) is 1.63. The van der Waals surface area contributed by atoms with E-state index in [0.29, 0.717) is 0.824 Å². The summed E-state index contributed by atoms with van der Waals surface area (Å²) >= 11 is 0.176. The van der Waals surface area contributed by atoms with Crippen molar-refractivity contribution >= 4 is 0.824 Å². The van der Waals surface area contributed by atoms with Crippen LogP contribution >= 0.6 is 0 Å². The number of hydrogen-bond acceptors (Lipinski definition) is 1. The van der Waals surface area contributed by atoms with Crippen LogP contribution in [0.4, 0.5) is 0 Å². The van der Waals surface area contributed by atoms with Crippen LogP contribution < -0.4 is 0 Å². The zero-order chi connectivity index (χ0) is 3.58. The molecule has 0 saturated carbocycles. The van der Waals surface area contributed by atoms with Gasteiger partial charge in [0.2, 0.25) is 0 Å². The summed E-state index contributed by atoms with van der Waals surface area (Å²) in [5.74, 6) is 0. The van der Waals surface area contributed by atoms with E-state index in [-0.39, 0.29) is 42.8 Å². The minimum absolute atomic E-state index is 0.176. The molecular formula is C2H4ORa. The van der Waals surface area contributed by atoms with Gasteiger partial charge in [-0.1, -0.05) is 0 Å². The maximum atomic E-state index is 9.55. The van der Waals surface area contributed by atoms with Crippen LogP contribution in [0.5, 0.6) is 0 Å². The summed E-state index contributed by atoms with van der Waals surface area (Å²) in [5, 5.41) is 0. The van der Waals surface area contributed by atoms with E-state index < -0.39 is 0 Å². The maximum absolute atomic E-state index is 9.55. The summed E-state index contributed by atoms with van der Waals surface area (Å²) in [6, 6.07) is 0. The summed E-state index contributed by atoms with van der Waals surface area (Å²) in [6.07, 6.45) is 0. The standard InChI is InChI=1S/C2H3O.Ra.H/c1-2-3;;/h1H3;;. The van der Waals surface area contributed by atoms with E-state index in [2.05, 4.69) is 0 Å². The normalized spacial score (nSPS) is 6.00. The zero-order valence-electron chi connectivity index (χ0n) is 2.91. The summed E-state index contributed by atoms with van der Waals surface area (Å²) in [4.78, 5) is 9.55. The van der Waals surface area contributed by atoms with Gasteiger partial charge in [0.1, 0.15) is 0 Å². The van der Waals surface area contributed by atoms with E-state index in [4.69, 9.17) is 0 Å². The SMILES string of the molecule is C[C](=O)[RaH]. The molecule has 0 aromatic carbocycles. The Morgan fingerprint density at radius 2 is 2.00 bits per heavy atom. The van der Waals surface area contributed by atoms with Gasteiger partial charge in [0.25, 0.3) is 0 Å². The van der Waals surface area contributed by atoms with Crippen LogP contribution in [-0.2, 0) is 4.79 Å². The molecule has 0 saturated heterocycles. The van der Waals surface area contributed by atoms with Gasteiger partial charge in [-0.05, 0) is 0 Å². The molecule has 1 nitrogen and oxygen atoms in total. The van der Waals surface area contributed by atoms with Gasteiger partial charge < -0.3 is 0 Å². The number of carbonyl (C=O) groups excluding carboxylic acids is 1. The Kier molecular flexibility index (Phi) is 3.06. The van der Waals surface area contributed by atoms with Crippen molar-refractivity contribution in [3.8, 4) is 0 Å². The third kappa shape index (κ3) is 11.1. The van der Waals surface area contributed by atoms with Crippen LogP contribution in [0.25, 0.3) is 0 Å². The molecule has 0 N–H and O–H groups in total. The van der Waals surface area contributed by atoms with Crippen molar-refractivity contribution in [2.75, 3.05) is 0 Å². The first-order valence-electron chi connectivity index (χ1n) is 1.20. The van der Waals surface area contributed by atoms with Crippen molar-refractivity contribution in [1.29, 1.82) is 0 Å². The fourth-order valence-corrected chi connectivity index (χ4v) is 0. The third-order valence-electron chi connectivity index (χ3n) is 0. The first kappa shape index (κ1) is 5.14. The molecule has 0 bridgehead atoms. The van der Waals surface area contributed by atoms with Crippen molar-refractivity contribution in [3.05, 3.63) is 0 Å². The molecule has 0 fully saturated rings. The van der Waals surface area contributed by atoms with E-state index in [9.17, 15) is 4.79 Å². The molecule has 2 heteroatoms.